The molecule has 0 saturated carbocycles. The summed E-state index contributed by atoms with van der Waals surface area (Å²) in [5.74, 6) is 0.926. The van der Waals surface area contributed by atoms with Crippen molar-refractivity contribution in [3.63, 3.8) is 0 Å². The summed E-state index contributed by atoms with van der Waals surface area (Å²) in [6.45, 7) is 5.88. The maximum absolute atomic E-state index is 13.0. The second-order valence-electron chi connectivity index (χ2n) is 4.80. The zero-order valence-corrected chi connectivity index (χ0v) is 11.8. The van der Waals surface area contributed by atoms with Crippen LogP contribution in [0.25, 0.3) is 0 Å². The highest BCUT2D eigenvalue weighted by Crippen LogP contribution is 2.19. The fourth-order valence-electron chi connectivity index (χ4n) is 2.11. The van der Waals surface area contributed by atoms with E-state index in [2.05, 4.69) is 16.8 Å². The Labute approximate surface area is 113 Å². The minimum absolute atomic E-state index is 0.140. The van der Waals surface area contributed by atoms with Crippen LogP contribution in [-0.2, 0) is 0 Å². The van der Waals surface area contributed by atoms with Gasteiger partial charge in [-0.1, -0.05) is 6.07 Å². The van der Waals surface area contributed by atoms with E-state index in [0.29, 0.717) is 0 Å². The lowest BCUT2D eigenvalue weighted by molar-refractivity contribution is 0.154. The summed E-state index contributed by atoms with van der Waals surface area (Å²) in [4.78, 5) is 5.93. The molecule has 4 heteroatoms. The van der Waals surface area contributed by atoms with Crippen LogP contribution in [0, 0.1) is 5.82 Å². The van der Waals surface area contributed by atoms with Crippen molar-refractivity contribution in [1.29, 1.82) is 0 Å². The van der Waals surface area contributed by atoms with Gasteiger partial charge in [0, 0.05) is 31.1 Å². The standard InChI is InChI=1S/C14H21FN2S/c1-16-7-9-17(10-8-16)6-3-11-18-14-5-2-4-13(15)12-14/h2,4-5,12H,3,6-11H2,1H3. The van der Waals surface area contributed by atoms with Crippen LogP contribution in [0.3, 0.4) is 0 Å². The summed E-state index contributed by atoms with van der Waals surface area (Å²) in [6.07, 6.45) is 1.17. The lowest BCUT2D eigenvalue weighted by atomic mass is 10.3. The Morgan fingerprint density at radius 1 is 1.22 bits per heavy atom. The lowest BCUT2D eigenvalue weighted by Crippen LogP contribution is -2.44. The second kappa shape index (κ2) is 7.12. The largest absolute Gasteiger partial charge is 0.304 e. The topological polar surface area (TPSA) is 6.48 Å². The number of likely N-dealkylation sites (N-methyl/N-ethyl adjacent to an activating group) is 1. The molecule has 1 aliphatic heterocycles. The second-order valence-corrected chi connectivity index (χ2v) is 5.97. The van der Waals surface area contributed by atoms with Crippen molar-refractivity contribution in [2.24, 2.45) is 0 Å². The Kier molecular flexibility index (Phi) is 5.47. The average Bonchev–Trinajstić information content (AvgIpc) is 2.37. The van der Waals surface area contributed by atoms with Crippen molar-refractivity contribution in [2.45, 2.75) is 11.3 Å². The maximum atomic E-state index is 13.0. The number of hydrogen-bond donors (Lipinski definition) is 0. The zero-order chi connectivity index (χ0) is 12.8. The van der Waals surface area contributed by atoms with Crippen molar-refractivity contribution >= 4 is 11.8 Å². The predicted octanol–water partition coefficient (Wildman–Crippen LogP) is 2.56. The average molecular weight is 268 g/mol. The summed E-state index contributed by atoms with van der Waals surface area (Å²) in [7, 11) is 2.18. The number of halogens is 1. The van der Waals surface area contributed by atoms with E-state index in [1.807, 2.05) is 6.07 Å². The monoisotopic (exact) mass is 268 g/mol. The minimum atomic E-state index is -0.140. The highest BCUT2D eigenvalue weighted by molar-refractivity contribution is 7.99. The summed E-state index contributed by atoms with van der Waals surface area (Å²) in [5.41, 5.74) is 0. The third-order valence-corrected chi connectivity index (χ3v) is 4.36. The van der Waals surface area contributed by atoms with Crippen molar-refractivity contribution < 1.29 is 4.39 Å². The first-order valence-electron chi connectivity index (χ1n) is 6.53. The van der Waals surface area contributed by atoms with Gasteiger partial charge < -0.3 is 9.80 Å². The van der Waals surface area contributed by atoms with Crippen molar-refractivity contribution in [1.82, 2.24) is 9.80 Å². The Morgan fingerprint density at radius 2 is 2.00 bits per heavy atom. The molecule has 0 amide bonds. The van der Waals surface area contributed by atoms with Gasteiger partial charge in [-0.05, 0) is 44.0 Å². The molecule has 0 atom stereocenters. The smallest absolute Gasteiger partial charge is 0.124 e. The van der Waals surface area contributed by atoms with Gasteiger partial charge in [0.15, 0.2) is 0 Å². The van der Waals surface area contributed by atoms with Gasteiger partial charge in [0.2, 0.25) is 0 Å². The van der Waals surface area contributed by atoms with E-state index in [4.69, 9.17) is 0 Å². The van der Waals surface area contributed by atoms with Crippen LogP contribution in [0.1, 0.15) is 6.42 Å². The summed E-state index contributed by atoms with van der Waals surface area (Å²) < 4.78 is 13.0. The van der Waals surface area contributed by atoms with Gasteiger partial charge in [0.25, 0.3) is 0 Å². The first kappa shape index (κ1) is 13.8. The summed E-state index contributed by atoms with van der Waals surface area (Å²) >= 11 is 1.75. The van der Waals surface area contributed by atoms with E-state index in [1.54, 1.807) is 23.9 Å². The SMILES string of the molecule is CN1CCN(CCCSc2cccc(F)c2)CC1. The molecule has 1 aromatic rings. The van der Waals surface area contributed by atoms with E-state index >= 15 is 0 Å². The van der Waals surface area contributed by atoms with E-state index < -0.39 is 0 Å². The Bertz CT molecular complexity index is 365. The number of hydrogen-bond acceptors (Lipinski definition) is 3. The Morgan fingerprint density at radius 3 is 2.72 bits per heavy atom. The van der Waals surface area contributed by atoms with Crippen LogP contribution in [0.4, 0.5) is 4.39 Å². The lowest BCUT2D eigenvalue weighted by Gasteiger charge is -2.32. The quantitative estimate of drug-likeness (QED) is 0.598. The molecular formula is C14H21FN2S. The fourth-order valence-corrected chi connectivity index (χ4v) is 2.99. The predicted molar refractivity (Wildman–Crippen MR) is 75.7 cm³/mol. The number of thioether (sulfide) groups is 1. The summed E-state index contributed by atoms with van der Waals surface area (Å²) in [6, 6.07) is 6.86. The van der Waals surface area contributed by atoms with Crippen LogP contribution in [0.5, 0.6) is 0 Å². The molecule has 1 fully saturated rings. The van der Waals surface area contributed by atoms with E-state index in [9.17, 15) is 4.39 Å². The van der Waals surface area contributed by atoms with Gasteiger partial charge >= 0.3 is 0 Å². The molecule has 0 spiro atoms. The molecule has 0 N–H and O–H groups in total. The van der Waals surface area contributed by atoms with Crippen LogP contribution < -0.4 is 0 Å². The van der Waals surface area contributed by atoms with E-state index in [1.165, 1.54) is 38.7 Å². The van der Waals surface area contributed by atoms with Gasteiger partial charge in [-0.3, -0.25) is 0 Å². The first-order chi connectivity index (χ1) is 8.74. The van der Waals surface area contributed by atoms with Crippen LogP contribution in [-0.4, -0.2) is 55.3 Å². The third kappa shape index (κ3) is 4.59. The molecule has 1 aromatic carbocycles. The van der Waals surface area contributed by atoms with E-state index in [0.717, 1.165) is 17.2 Å². The van der Waals surface area contributed by atoms with Crippen molar-refractivity contribution in [3.8, 4) is 0 Å². The molecule has 18 heavy (non-hydrogen) atoms. The maximum Gasteiger partial charge on any atom is 0.124 e. The zero-order valence-electron chi connectivity index (χ0n) is 10.9. The minimum Gasteiger partial charge on any atom is -0.304 e. The Hall–Kier alpha value is -0.580. The van der Waals surface area contributed by atoms with Gasteiger partial charge in [0.1, 0.15) is 5.82 Å². The van der Waals surface area contributed by atoms with Crippen LogP contribution in [0.15, 0.2) is 29.2 Å². The summed E-state index contributed by atoms with van der Waals surface area (Å²) in [5, 5.41) is 0. The first-order valence-corrected chi connectivity index (χ1v) is 7.52. The number of nitrogens with zero attached hydrogens (tertiary/aromatic N) is 2. The molecule has 0 bridgehead atoms. The molecule has 2 nitrogen and oxygen atoms in total. The van der Waals surface area contributed by atoms with Gasteiger partial charge in [-0.15, -0.1) is 11.8 Å². The molecule has 1 saturated heterocycles. The van der Waals surface area contributed by atoms with Gasteiger partial charge in [0.05, 0.1) is 0 Å². The number of benzene rings is 1. The third-order valence-electron chi connectivity index (χ3n) is 3.28. The van der Waals surface area contributed by atoms with Gasteiger partial charge in [-0.25, -0.2) is 4.39 Å². The molecule has 0 unspecified atom stereocenters. The van der Waals surface area contributed by atoms with Gasteiger partial charge in [-0.2, -0.15) is 0 Å². The molecule has 0 aliphatic carbocycles. The number of piperazine rings is 1. The molecule has 0 radical (unpaired) electrons. The van der Waals surface area contributed by atoms with E-state index in [-0.39, 0.29) is 5.82 Å². The molecule has 1 aliphatic rings. The van der Waals surface area contributed by atoms with Crippen molar-refractivity contribution in [3.05, 3.63) is 30.1 Å². The highest BCUT2D eigenvalue weighted by atomic mass is 32.2. The normalized spacial score (nSPS) is 18.1. The van der Waals surface area contributed by atoms with Crippen LogP contribution in [0.2, 0.25) is 0 Å². The molecule has 0 aromatic heterocycles. The Balaban J connectivity index is 1.61. The molecule has 100 valence electrons. The van der Waals surface area contributed by atoms with Crippen LogP contribution >= 0.6 is 11.8 Å². The molecular weight excluding hydrogens is 247 g/mol. The highest BCUT2D eigenvalue weighted by Gasteiger charge is 2.12. The molecule has 2 rings (SSSR count). The fraction of sp³-hybridized carbons (Fsp3) is 0.571. The van der Waals surface area contributed by atoms with Crippen molar-refractivity contribution in [2.75, 3.05) is 45.5 Å². The number of rotatable bonds is 5. The molecule has 1 heterocycles.